The molecule has 1 heterocycles. The van der Waals surface area contributed by atoms with Crippen molar-refractivity contribution in [2.24, 2.45) is 0 Å². The summed E-state index contributed by atoms with van der Waals surface area (Å²) in [7, 11) is 0. The maximum absolute atomic E-state index is 13.3. The van der Waals surface area contributed by atoms with E-state index in [1.165, 1.54) is 12.1 Å². The lowest BCUT2D eigenvalue weighted by atomic mass is 10.1. The zero-order chi connectivity index (χ0) is 11.4. The van der Waals surface area contributed by atoms with E-state index in [1.54, 1.807) is 0 Å². The fourth-order valence-electron chi connectivity index (χ4n) is 1.48. The predicted molar refractivity (Wildman–Crippen MR) is 58.9 cm³/mol. The van der Waals surface area contributed by atoms with Crippen molar-refractivity contribution in [3.05, 3.63) is 54.0 Å². The fraction of sp³-hybridized carbons (Fsp3) is 0.0769. The van der Waals surface area contributed by atoms with Crippen molar-refractivity contribution in [1.82, 2.24) is 4.98 Å². The second-order valence-corrected chi connectivity index (χ2v) is 3.36. The average Bonchev–Trinajstić information content (AvgIpc) is 2.30. The van der Waals surface area contributed by atoms with Crippen LogP contribution in [0.15, 0.2) is 42.5 Å². The third kappa shape index (κ3) is 2.23. The number of nitrogens with zero attached hydrogens (tertiary/aromatic N) is 2. The summed E-state index contributed by atoms with van der Waals surface area (Å²) in [6.07, 6.45) is 0.123. The molecule has 3 heteroatoms. The number of nitriles is 1. The topological polar surface area (TPSA) is 36.7 Å². The highest BCUT2D eigenvalue weighted by atomic mass is 19.1. The van der Waals surface area contributed by atoms with Crippen LogP contribution in [-0.4, -0.2) is 4.98 Å². The smallest absolute Gasteiger partial charge is 0.127 e. The molecule has 0 aliphatic carbocycles. The molecule has 2 aromatic rings. The van der Waals surface area contributed by atoms with Crippen molar-refractivity contribution in [2.75, 3.05) is 0 Å². The molecule has 1 aromatic heterocycles. The molecule has 16 heavy (non-hydrogen) atoms. The van der Waals surface area contributed by atoms with Gasteiger partial charge in [-0.2, -0.15) is 5.26 Å². The minimum absolute atomic E-state index is 0.123. The van der Waals surface area contributed by atoms with E-state index in [0.29, 0.717) is 11.4 Å². The van der Waals surface area contributed by atoms with E-state index in [0.717, 1.165) is 5.56 Å². The molecule has 2 nitrogen and oxygen atoms in total. The maximum Gasteiger partial charge on any atom is 0.127 e. The van der Waals surface area contributed by atoms with E-state index in [2.05, 4.69) is 4.98 Å². The van der Waals surface area contributed by atoms with Crippen LogP contribution in [0, 0.1) is 17.1 Å². The van der Waals surface area contributed by atoms with Gasteiger partial charge in [-0.05, 0) is 6.07 Å². The Bertz CT molecular complexity index is 529. The van der Waals surface area contributed by atoms with Gasteiger partial charge in [0.15, 0.2) is 0 Å². The van der Waals surface area contributed by atoms with Crippen LogP contribution in [0.4, 0.5) is 4.39 Å². The van der Waals surface area contributed by atoms with Crippen LogP contribution in [0.3, 0.4) is 0 Å². The minimum Gasteiger partial charge on any atom is -0.252 e. The first-order valence-electron chi connectivity index (χ1n) is 4.88. The first-order chi connectivity index (χ1) is 7.79. The molecule has 78 valence electrons. The lowest BCUT2D eigenvalue weighted by molar-refractivity contribution is 0.624. The van der Waals surface area contributed by atoms with Crippen molar-refractivity contribution in [3.8, 4) is 17.3 Å². The Morgan fingerprint density at radius 3 is 2.62 bits per heavy atom. The van der Waals surface area contributed by atoms with Gasteiger partial charge in [0.25, 0.3) is 0 Å². The minimum atomic E-state index is -0.362. The summed E-state index contributed by atoms with van der Waals surface area (Å²) in [5, 5.41) is 8.56. The molecule has 1 aromatic carbocycles. The zero-order valence-electron chi connectivity index (χ0n) is 8.52. The summed E-state index contributed by atoms with van der Waals surface area (Å²) < 4.78 is 13.3. The highest BCUT2D eigenvalue weighted by Gasteiger charge is 2.04. The van der Waals surface area contributed by atoms with Crippen molar-refractivity contribution in [3.63, 3.8) is 0 Å². The Labute approximate surface area is 93.0 Å². The SMILES string of the molecule is N#CCc1cc(F)cc(-c2ccccc2)n1. The van der Waals surface area contributed by atoms with Gasteiger partial charge in [-0.15, -0.1) is 0 Å². The van der Waals surface area contributed by atoms with E-state index < -0.39 is 0 Å². The van der Waals surface area contributed by atoms with E-state index in [9.17, 15) is 4.39 Å². The van der Waals surface area contributed by atoms with Crippen molar-refractivity contribution in [2.45, 2.75) is 6.42 Å². The lowest BCUT2D eigenvalue weighted by Crippen LogP contribution is -1.93. The molecular weight excluding hydrogens is 203 g/mol. The Balaban J connectivity index is 2.46. The molecule has 2 rings (SSSR count). The predicted octanol–water partition coefficient (Wildman–Crippen LogP) is 2.95. The molecular formula is C13H9FN2. The van der Waals surface area contributed by atoms with Gasteiger partial charge in [0.2, 0.25) is 0 Å². The third-order valence-electron chi connectivity index (χ3n) is 2.17. The standard InChI is InChI=1S/C13H9FN2/c14-11-8-12(6-7-15)16-13(9-11)10-4-2-1-3-5-10/h1-5,8-9H,6H2. The number of pyridine rings is 1. The molecule has 0 N–H and O–H groups in total. The summed E-state index contributed by atoms with van der Waals surface area (Å²) >= 11 is 0. The van der Waals surface area contributed by atoms with Crippen LogP contribution < -0.4 is 0 Å². The van der Waals surface area contributed by atoms with Crippen LogP contribution in [0.25, 0.3) is 11.3 Å². The van der Waals surface area contributed by atoms with Crippen molar-refractivity contribution < 1.29 is 4.39 Å². The summed E-state index contributed by atoms with van der Waals surface area (Å²) in [6.45, 7) is 0. The zero-order valence-corrected chi connectivity index (χ0v) is 8.52. The molecule has 0 radical (unpaired) electrons. The molecule has 0 unspecified atom stereocenters. The van der Waals surface area contributed by atoms with Crippen LogP contribution in [-0.2, 0) is 6.42 Å². The molecule has 0 fully saturated rings. The van der Waals surface area contributed by atoms with Gasteiger partial charge < -0.3 is 0 Å². The Morgan fingerprint density at radius 1 is 1.19 bits per heavy atom. The molecule has 0 atom stereocenters. The Morgan fingerprint density at radius 2 is 1.94 bits per heavy atom. The normalized spacial score (nSPS) is 9.75. The van der Waals surface area contributed by atoms with Crippen LogP contribution in [0.5, 0.6) is 0 Å². The number of halogens is 1. The van der Waals surface area contributed by atoms with Gasteiger partial charge in [-0.1, -0.05) is 30.3 Å². The summed E-state index contributed by atoms with van der Waals surface area (Å²) in [6, 6.07) is 14.0. The average molecular weight is 212 g/mol. The number of rotatable bonds is 2. The van der Waals surface area contributed by atoms with Gasteiger partial charge >= 0.3 is 0 Å². The Hall–Kier alpha value is -2.21. The highest BCUT2D eigenvalue weighted by molar-refractivity contribution is 5.59. The fourth-order valence-corrected chi connectivity index (χ4v) is 1.48. The van der Waals surface area contributed by atoms with Crippen LogP contribution in [0.1, 0.15) is 5.69 Å². The second kappa shape index (κ2) is 4.54. The van der Waals surface area contributed by atoms with E-state index in [1.807, 2.05) is 36.4 Å². The number of hydrogen-bond donors (Lipinski definition) is 0. The number of aromatic nitrogens is 1. The first-order valence-corrected chi connectivity index (χ1v) is 4.88. The molecule has 0 aliphatic heterocycles. The van der Waals surface area contributed by atoms with E-state index >= 15 is 0 Å². The second-order valence-electron chi connectivity index (χ2n) is 3.36. The summed E-state index contributed by atoms with van der Waals surface area (Å²) in [5.41, 5.74) is 1.87. The first kappa shape index (κ1) is 10.3. The quantitative estimate of drug-likeness (QED) is 0.767. The van der Waals surface area contributed by atoms with Gasteiger partial charge in [-0.25, -0.2) is 4.39 Å². The van der Waals surface area contributed by atoms with Gasteiger partial charge in [0, 0.05) is 11.6 Å². The summed E-state index contributed by atoms with van der Waals surface area (Å²) in [5.74, 6) is -0.362. The monoisotopic (exact) mass is 212 g/mol. The molecule has 0 saturated carbocycles. The summed E-state index contributed by atoms with van der Waals surface area (Å²) in [4.78, 5) is 4.23. The van der Waals surface area contributed by atoms with E-state index in [-0.39, 0.29) is 12.2 Å². The van der Waals surface area contributed by atoms with E-state index in [4.69, 9.17) is 5.26 Å². The van der Waals surface area contributed by atoms with Gasteiger partial charge in [0.05, 0.1) is 23.9 Å². The largest absolute Gasteiger partial charge is 0.252 e. The molecule has 0 bridgehead atoms. The molecule has 0 saturated heterocycles. The Kier molecular flexibility index (Phi) is 2.93. The third-order valence-corrected chi connectivity index (χ3v) is 2.17. The molecule has 0 amide bonds. The number of hydrogen-bond acceptors (Lipinski definition) is 2. The van der Waals surface area contributed by atoms with Gasteiger partial charge in [0.1, 0.15) is 5.82 Å². The highest BCUT2D eigenvalue weighted by Crippen LogP contribution is 2.18. The van der Waals surface area contributed by atoms with Crippen molar-refractivity contribution in [1.29, 1.82) is 5.26 Å². The maximum atomic E-state index is 13.3. The van der Waals surface area contributed by atoms with Crippen LogP contribution >= 0.6 is 0 Å². The molecule has 0 aliphatic rings. The lowest BCUT2D eigenvalue weighted by Gasteiger charge is -2.03. The van der Waals surface area contributed by atoms with Gasteiger partial charge in [-0.3, -0.25) is 4.98 Å². The number of benzene rings is 1. The van der Waals surface area contributed by atoms with Crippen molar-refractivity contribution >= 4 is 0 Å². The van der Waals surface area contributed by atoms with Crippen LogP contribution in [0.2, 0.25) is 0 Å². The molecule has 0 spiro atoms.